The van der Waals surface area contributed by atoms with Crippen LogP contribution in [0.2, 0.25) is 0 Å². The van der Waals surface area contributed by atoms with Gasteiger partial charge in [-0.15, -0.1) is 0 Å². The summed E-state index contributed by atoms with van der Waals surface area (Å²) in [5, 5.41) is 2.82. The van der Waals surface area contributed by atoms with Crippen LogP contribution in [-0.4, -0.2) is 12.5 Å². The topological polar surface area (TPSA) is 29.1 Å². The molecule has 0 bridgehead atoms. The van der Waals surface area contributed by atoms with Gasteiger partial charge in [-0.25, -0.2) is 0 Å². The molecule has 0 fully saturated rings. The van der Waals surface area contributed by atoms with Crippen molar-refractivity contribution >= 4 is 5.91 Å². The fraction of sp³-hybridized carbons (Fsp3) is 0.667. The quantitative estimate of drug-likeness (QED) is 0.747. The fourth-order valence-corrected chi connectivity index (χ4v) is 3.05. The van der Waals surface area contributed by atoms with Crippen LogP contribution < -0.4 is 5.32 Å². The molecule has 2 heteroatoms. The van der Waals surface area contributed by atoms with E-state index in [4.69, 9.17) is 0 Å². The second-order valence-electron chi connectivity index (χ2n) is 5.84. The van der Waals surface area contributed by atoms with Crippen LogP contribution in [0.25, 0.3) is 0 Å². The minimum Gasteiger partial charge on any atom is -0.353 e. The number of nitrogens with one attached hydrogen (secondary N) is 1. The summed E-state index contributed by atoms with van der Waals surface area (Å²) >= 11 is 0. The second kappa shape index (κ2) is 5.52. The molecule has 96 valence electrons. The highest BCUT2D eigenvalue weighted by atomic mass is 16.1. The van der Waals surface area contributed by atoms with Gasteiger partial charge >= 0.3 is 0 Å². The molecule has 0 radical (unpaired) electrons. The first kappa shape index (κ1) is 14.0. The maximum Gasteiger partial charge on any atom is 0.217 e. The molecular weight excluding hydrogens is 210 g/mol. The molecule has 0 heterocycles. The van der Waals surface area contributed by atoms with E-state index in [1.54, 1.807) is 6.92 Å². The fourth-order valence-electron chi connectivity index (χ4n) is 3.05. The van der Waals surface area contributed by atoms with Crippen LogP contribution in [0.3, 0.4) is 0 Å². The van der Waals surface area contributed by atoms with E-state index in [9.17, 15) is 4.79 Å². The SMILES string of the molecule is CC(=O)NCC=C(C)C1C(C)C=CCC1(C)C. The van der Waals surface area contributed by atoms with Crippen LogP contribution in [0.5, 0.6) is 0 Å². The van der Waals surface area contributed by atoms with Gasteiger partial charge in [-0.1, -0.05) is 44.6 Å². The Balaban J connectivity index is 2.75. The Morgan fingerprint density at radius 1 is 1.47 bits per heavy atom. The molecule has 0 spiro atoms. The van der Waals surface area contributed by atoms with Crippen molar-refractivity contribution in [2.75, 3.05) is 6.54 Å². The highest BCUT2D eigenvalue weighted by Crippen LogP contribution is 2.44. The summed E-state index contributed by atoms with van der Waals surface area (Å²) in [6.45, 7) is 11.3. The molecule has 2 atom stereocenters. The van der Waals surface area contributed by atoms with E-state index >= 15 is 0 Å². The van der Waals surface area contributed by atoms with Crippen molar-refractivity contribution in [2.24, 2.45) is 17.3 Å². The van der Waals surface area contributed by atoms with Gasteiger partial charge in [-0.05, 0) is 30.6 Å². The molecule has 0 aromatic carbocycles. The summed E-state index contributed by atoms with van der Waals surface area (Å²) in [6, 6.07) is 0. The number of hydrogen-bond donors (Lipinski definition) is 1. The van der Waals surface area contributed by atoms with Gasteiger partial charge in [0.25, 0.3) is 0 Å². The molecule has 1 rings (SSSR count). The number of rotatable bonds is 3. The van der Waals surface area contributed by atoms with E-state index in [0.717, 1.165) is 6.42 Å². The lowest BCUT2D eigenvalue weighted by Gasteiger charge is -2.40. The van der Waals surface area contributed by atoms with Crippen molar-refractivity contribution in [1.82, 2.24) is 5.32 Å². The Bertz CT molecular complexity index is 339. The zero-order chi connectivity index (χ0) is 13.1. The van der Waals surface area contributed by atoms with Gasteiger partial charge in [-0.2, -0.15) is 0 Å². The number of allylic oxidation sites excluding steroid dienone is 3. The zero-order valence-corrected chi connectivity index (χ0v) is 11.7. The van der Waals surface area contributed by atoms with Crippen molar-refractivity contribution in [3.63, 3.8) is 0 Å². The summed E-state index contributed by atoms with van der Waals surface area (Å²) < 4.78 is 0. The zero-order valence-electron chi connectivity index (χ0n) is 11.7. The molecule has 1 aliphatic rings. The Morgan fingerprint density at radius 3 is 2.65 bits per heavy atom. The molecule has 0 aromatic rings. The van der Waals surface area contributed by atoms with Crippen LogP contribution in [-0.2, 0) is 4.79 Å². The molecule has 1 amide bonds. The van der Waals surface area contributed by atoms with E-state index in [1.165, 1.54) is 5.57 Å². The maximum absolute atomic E-state index is 10.8. The Labute approximate surface area is 105 Å². The Morgan fingerprint density at radius 2 is 2.12 bits per heavy atom. The normalized spacial score (nSPS) is 27.9. The molecule has 17 heavy (non-hydrogen) atoms. The monoisotopic (exact) mass is 235 g/mol. The predicted octanol–water partition coefficient (Wildman–Crippen LogP) is 3.31. The number of carbonyl (C=O) groups excluding carboxylic acids is 1. The molecular formula is C15H25NO. The number of amides is 1. The van der Waals surface area contributed by atoms with E-state index in [0.29, 0.717) is 23.8 Å². The van der Waals surface area contributed by atoms with E-state index in [1.807, 2.05) is 0 Å². The van der Waals surface area contributed by atoms with Crippen molar-refractivity contribution in [2.45, 2.75) is 41.0 Å². The maximum atomic E-state index is 10.8. The highest BCUT2D eigenvalue weighted by Gasteiger charge is 2.35. The third kappa shape index (κ3) is 3.72. The summed E-state index contributed by atoms with van der Waals surface area (Å²) in [7, 11) is 0. The van der Waals surface area contributed by atoms with Crippen LogP contribution >= 0.6 is 0 Å². The van der Waals surface area contributed by atoms with E-state index in [-0.39, 0.29) is 5.91 Å². The largest absolute Gasteiger partial charge is 0.353 e. The molecule has 0 saturated heterocycles. The van der Waals surface area contributed by atoms with Gasteiger partial charge in [0.05, 0.1) is 0 Å². The van der Waals surface area contributed by atoms with Crippen molar-refractivity contribution in [3.8, 4) is 0 Å². The molecule has 1 aliphatic carbocycles. The lowest BCUT2D eigenvalue weighted by atomic mass is 9.64. The minimum atomic E-state index is 0.0323. The summed E-state index contributed by atoms with van der Waals surface area (Å²) in [5.74, 6) is 1.18. The standard InChI is InChI=1S/C15H25NO/c1-11-7-6-9-15(4,5)14(11)12(2)8-10-16-13(3)17/h6-8,11,14H,9-10H2,1-5H3,(H,16,17). The number of hydrogen-bond acceptors (Lipinski definition) is 1. The van der Waals surface area contributed by atoms with Crippen molar-refractivity contribution in [1.29, 1.82) is 0 Å². The van der Waals surface area contributed by atoms with Gasteiger partial charge in [-0.3, -0.25) is 4.79 Å². The van der Waals surface area contributed by atoms with Crippen LogP contribution in [0.15, 0.2) is 23.8 Å². The minimum absolute atomic E-state index is 0.0323. The van der Waals surface area contributed by atoms with Gasteiger partial charge in [0.2, 0.25) is 5.91 Å². The number of carbonyl (C=O) groups is 1. The molecule has 0 aromatic heterocycles. The van der Waals surface area contributed by atoms with E-state index < -0.39 is 0 Å². The third-order valence-electron chi connectivity index (χ3n) is 3.72. The first-order chi connectivity index (χ1) is 7.84. The molecule has 1 N–H and O–H groups in total. The summed E-state index contributed by atoms with van der Waals surface area (Å²) in [5.41, 5.74) is 1.70. The molecule has 0 aliphatic heterocycles. The summed E-state index contributed by atoms with van der Waals surface area (Å²) in [4.78, 5) is 10.8. The van der Waals surface area contributed by atoms with Crippen LogP contribution in [0, 0.1) is 17.3 Å². The smallest absolute Gasteiger partial charge is 0.217 e. The predicted molar refractivity (Wildman–Crippen MR) is 72.6 cm³/mol. The lowest BCUT2D eigenvalue weighted by Crippen LogP contribution is -2.32. The van der Waals surface area contributed by atoms with Crippen molar-refractivity contribution < 1.29 is 4.79 Å². The third-order valence-corrected chi connectivity index (χ3v) is 3.72. The van der Waals surface area contributed by atoms with Gasteiger partial charge < -0.3 is 5.32 Å². The molecule has 2 unspecified atom stereocenters. The molecule has 0 saturated carbocycles. The van der Waals surface area contributed by atoms with Gasteiger partial charge in [0, 0.05) is 13.5 Å². The molecule has 2 nitrogen and oxygen atoms in total. The van der Waals surface area contributed by atoms with Gasteiger partial charge in [0.15, 0.2) is 0 Å². The average molecular weight is 235 g/mol. The lowest BCUT2D eigenvalue weighted by molar-refractivity contribution is -0.118. The Hall–Kier alpha value is -1.05. The Kier molecular flexibility index (Phi) is 4.55. The van der Waals surface area contributed by atoms with Gasteiger partial charge in [0.1, 0.15) is 0 Å². The average Bonchev–Trinajstić information content (AvgIpc) is 2.15. The first-order valence-electron chi connectivity index (χ1n) is 6.42. The van der Waals surface area contributed by atoms with Crippen LogP contribution in [0.4, 0.5) is 0 Å². The summed E-state index contributed by atoms with van der Waals surface area (Å²) in [6.07, 6.45) is 7.89. The van der Waals surface area contributed by atoms with Crippen LogP contribution in [0.1, 0.15) is 41.0 Å². The first-order valence-corrected chi connectivity index (χ1v) is 6.42. The highest BCUT2D eigenvalue weighted by molar-refractivity contribution is 5.72. The van der Waals surface area contributed by atoms with Crippen molar-refractivity contribution in [3.05, 3.63) is 23.8 Å². The van der Waals surface area contributed by atoms with E-state index in [2.05, 4.69) is 51.2 Å². The second-order valence-corrected chi connectivity index (χ2v) is 5.84.